The third-order valence-corrected chi connectivity index (χ3v) is 5.33. The molecule has 4 rings (SSSR count). The number of piperazine rings is 1. The van der Waals surface area contributed by atoms with Crippen molar-refractivity contribution < 1.29 is 9.18 Å². The van der Waals surface area contributed by atoms with E-state index in [1.165, 1.54) is 12.1 Å². The van der Waals surface area contributed by atoms with Crippen LogP contribution < -0.4 is 0 Å². The molecule has 6 nitrogen and oxygen atoms in total. The van der Waals surface area contributed by atoms with E-state index in [0.717, 1.165) is 57.7 Å². The Labute approximate surface area is 146 Å². The number of aromatic nitrogens is 3. The Morgan fingerprint density at radius 3 is 2.40 bits per heavy atom. The third kappa shape index (κ3) is 3.28. The van der Waals surface area contributed by atoms with Crippen molar-refractivity contribution >= 4 is 5.91 Å². The topological polar surface area (TPSA) is 54.3 Å². The molecule has 0 N–H and O–H groups in total. The number of carbonyl (C=O) groups is 1. The molecule has 132 valence electrons. The fourth-order valence-electron chi connectivity index (χ4n) is 3.59. The standard InChI is InChI=1S/C18H22FN5O/c19-16-3-1-15(2-4-16)18(5-6-18)17(25)23-10-7-22(8-11-23)9-12-24-14-20-13-21-24/h1-4,13-14H,5-12H2. The average molecular weight is 343 g/mol. The van der Waals surface area contributed by atoms with Crippen molar-refractivity contribution in [2.75, 3.05) is 32.7 Å². The van der Waals surface area contributed by atoms with Crippen molar-refractivity contribution in [3.05, 3.63) is 48.3 Å². The summed E-state index contributed by atoms with van der Waals surface area (Å²) in [7, 11) is 0. The Morgan fingerprint density at radius 2 is 1.80 bits per heavy atom. The first-order chi connectivity index (χ1) is 12.2. The van der Waals surface area contributed by atoms with Crippen LogP contribution in [-0.2, 0) is 16.8 Å². The summed E-state index contributed by atoms with van der Waals surface area (Å²) in [5.41, 5.74) is 0.545. The van der Waals surface area contributed by atoms with E-state index in [1.807, 2.05) is 9.58 Å². The molecule has 0 spiro atoms. The molecular weight excluding hydrogens is 321 g/mol. The van der Waals surface area contributed by atoms with Crippen LogP contribution in [0.5, 0.6) is 0 Å². The summed E-state index contributed by atoms with van der Waals surface area (Å²) >= 11 is 0. The van der Waals surface area contributed by atoms with Gasteiger partial charge in [-0.1, -0.05) is 12.1 Å². The van der Waals surface area contributed by atoms with Gasteiger partial charge in [0.05, 0.1) is 12.0 Å². The second-order valence-corrected chi connectivity index (χ2v) is 6.88. The van der Waals surface area contributed by atoms with Crippen molar-refractivity contribution in [2.24, 2.45) is 0 Å². The average Bonchev–Trinajstić information content (AvgIpc) is 3.28. The van der Waals surface area contributed by atoms with Gasteiger partial charge in [0.2, 0.25) is 5.91 Å². The number of rotatable bonds is 5. The molecule has 1 amide bonds. The minimum absolute atomic E-state index is 0.204. The fourth-order valence-corrected chi connectivity index (χ4v) is 3.59. The predicted molar refractivity (Wildman–Crippen MR) is 90.4 cm³/mol. The monoisotopic (exact) mass is 343 g/mol. The van der Waals surface area contributed by atoms with Crippen LogP contribution in [0.1, 0.15) is 18.4 Å². The molecule has 2 heterocycles. The SMILES string of the molecule is O=C(N1CCN(CCn2cncn2)CC1)C1(c2ccc(F)cc2)CC1. The summed E-state index contributed by atoms with van der Waals surface area (Å²) in [6.45, 7) is 4.97. The molecule has 0 bridgehead atoms. The van der Waals surface area contributed by atoms with E-state index in [0.29, 0.717) is 0 Å². The number of halogens is 1. The molecule has 1 aromatic heterocycles. The molecule has 2 aliphatic rings. The van der Waals surface area contributed by atoms with Crippen molar-refractivity contribution in [3.63, 3.8) is 0 Å². The van der Waals surface area contributed by atoms with Crippen molar-refractivity contribution in [1.82, 2.24) is 24.6 Å². The Bertz CT molecular complexity index is 718. The second kappa shape index (κ2) is 6.55. The first-order valence-electron chi connectivity index (χ1n) is 8.78. The molecule has 1 saturated carbocycles. The number of hydrogen-bond donors (Lipinski definition) is 0. The molecule has 1 saturated heterocycles. The minimum Gasteiger partial charge on any atom is -0.339 e. The zero-order chi connectivity index (χ0) is 17.3. The van der Waals surface area contributed by atoms with Gasteiger partial charge in [0, 0.05) is 32.7 Å². The van der Waals surface area contributed by atoms with Gasteiger partial charge in [0.1, 0.15) is 18.5 Å². The highest BCUT2D eigenvalue weighted by atomic mass is 19.1. The lowest BCUT2D eigenvalue weighted by atomic mass is 9.94. The van der Waals surface area contributed by atoms with Crippen LogP contribution in [0.15, 0.2) is 36.9 Å². The molecule has 0 unspecified atom stereocenters. The number of nitrogens with zero attached hydrogens (tertiary/aromatic N) is 5. The Balaban J connectivity index is 1.33. The number of carbonyl (C=O) groups excluding carboxylic acids is 1. The lowest BCUT2D eigenvalue weighted by molar-refractivity contribution is -0.135. The maximum Gasteiger partial charge on any atom is 0.233 e. The molecular formula is C18H22FN5O. The minimum atomic E-state index is -0.406. The summed E-state index contributed by atoms with van der Waals surface area (Å²) in [4.78, 5) is 21.3. The summed E-state index contributed by atoms with van der Waals surface area (Å²) in [5, 5.41) is 4.11. The van der Waals surface area contributed by atoms with Crippen LogP contribution in [0.3, 0.4) is 0 Å². The van der Waals surface area contributed by atoms with Crippen LogP contribution in [0.2, 0.25) is 0 Å². The predicted octanol–water partition coefficient (Wildman–Crippen LogP) is 1.29. The maximum absolute atomic E-state index is 13.2. The smallest absolute Gasteiger partial charge is 0.233 e. The van der Waals surface area contributed by atoms with E-state index in [4.69, 9.17) is 0 Å². The van der Waals surface area contributed by atoms with Crippen LogP contribution in [0.4, 0.5) is 4.39 Å². The van der Waals surface area contributed by atoms with E-state index < -0.39 is 5.41 Å². The second-order valence-electron chi connectivity index (χ2n) is 6.88. The maximum atomic E-state index is 13.2. The zero-order valence-electron chi connectivity index (χ0n) is 14.1. The van der Waals surface area contributed by atoms with Crippen LogP contribution in [0, 0.1) is 5.82 Å². The molecule has 1 aromatic carbocycles. The largest absolute Gasteiger partial charge is 0.339 e. The summed E-state index contributed by atoms with van der Waals surface area (Å²) in [5.74, 6) is -0.0528. The van der Waals surface area contributed by atoms with Gasteiger partial charge in [-0.2, -0.15) is 5.10 Å². The van der Waals surface area contributed by atoms with Crippen LogP contribution in [-0.4, -0.2) is 63.2 Å². The lowest BCUT2D eigenvalue weighted by Crippen LogP contribution is -2.52. The van der Waals surface area contributed by atoms with Crippen LogP contribution >= 0.6 is 0 Å². The van der Waals surface area contributed by atoms with E-state index in [2.05, 4.69) is 15.0 Å². The normalized spacial score (nSPS) is 19.8. The molecule has 1 aliphatic carbocycles. The van der Waals surface area contributed by atoms with Crippen LogP contribution in [0.25, 0.3) is 0 Å². The Hall–Kier alpha value is -2.28. The highest BCUT2D eigenvalue weighted by Gasteiger charge is 2.53. The van der Waals surface area contributed by atoms with Gasteiger partial charge in [0.25, 0.3) is 0 Å². The quantitative estimate of drug-likeness (QED) is 0.821. The summed E-state index contributed by atoms with van der Waals surface area (Å²) in [6.07, 6.45) is 4.99. The molecule has 25 heavy (non-hydrogen) atoms. The summed E-state index contributed by atoms with van der Waals surface area (Å²) < 4.78 is 15.0. The lowest BCUT2D eigenvalue weighted by Gasteiger charge is -2.36. The van der Waals surface area contributed by atoms with Gasteiger partial charge < -0.3 is 4.90 Å². The Kier molecular flexibility index (Phi) is 4.25. The van der Waals surface area contributed by atoms with Gasteiger partial charge in [-0.25, -0.2) is 9.37 Å². The van der Waals surface area contributed by atoms with Gasteiger partial charge in [-0.15, -0.1) is 0 Å². The molecule has 2 fully saturated rings. The first kappa shape index (κ1) is 16.2. The van der Waals surface area contributed by atoms with E-state index >= 15 is 0 Å². The third-order valence-electron chi connectivity index (χ3n) is 5.33. The van der Waals surface area contributed by atoms with Crippen molar-refractivity contribution in [1.29, 1.82) is 0 Å². The molecule has 1 aliphatic heterocycles. The zero-order valence-corrected chi connectivity index (χ0v) is 14.1. The first-order valence-corrected chi connectivity index (χ1v) is 8.78. The Morgan fingerprint density at radius 1 is 1.08 bits per heavy atom. The number of amides is 1. The summed E-state index contributed by atoms with van der Waals surface area (Å²) in [6, 6.07) is 6.42. The molecule has 2 aromatic rings. The van der Waals surface area contributed by atoms with Gasteiger partial charge >= 0.3 is 0 Å². The highest BCUT2D eigenvalue weighted by Crippen LogP contribution is 2.49. The molecule has 0 radical (unpaired) electrons. The van der Waals surface area contributed by atoms with E-state index in [1.54, 1.807) is 24.8 Å². The van der Waals surface area contributed by atoms with E-state index in [-0.39, 0.29) is 11.7 Å². The van der Waals surface area contributed by atoms with E-state index in [9.17, 15) is 9.18 Å². The number of benzene rings is 1. The van der Waals surface area contributed by atoms with Gasteiger partial charge in [0.15, 0.2) is 0 Å². The molecule has 0 atom stereocenters. The highest BCUT2D eigenvalue weighted by molar-refractivity contribution is 5.91. The molecule has 7 heteroatoms. The number of hydrogen-bond acceptors (Lipinski definition) is 4. The van der Waals surface area contributed by atoms with Crippen molar-refractivity contribution in [3.8, 4) is 0 Å². The van der Waals surface area contributed by atoms with Gasteiger partial charge in [-0.3, -0.25) is 14.4 Å². The van der Waals surface area contributed by atoms with Crippen molar-refractivity contribution in [2.45, 2.75) is 24.8 Å². The fraction of sp³-hybridized carbons (Fsp3) is 0.500. The van der Waals surface area contributed by atoms with Gasteiger partial charge in [-0.05, 0) is 30.5 Å².